The second-order valence-electron chi connectivity index (χ2n) is 3.84. The predicted molar refractivity (Wildman–Crippen MR) is 54.7 cm³/mol. The number of rotatable bonds is 2. The van der Waals surface area contributed by atoms with Gasteiger partial charge in [-0.1, -0.05) is 6.07 Å². The van der Waals surface area contributed by atoms with Gasteiger partial charge in [0.05, 0.1) is 6.10 Å². The van der Waals surface area contributed by atoms with Crippen molar-refractivity contribution in [1.82, 2.24) is 4.98 Å². The zero-order chi connectivity index (χ0) is 9.97. The fraction of sp³-hybridized carbons (Fsp3) is 0.545. The first-order valence-electron chi connectivity index (χ1n) is 5.06. The van der Waals surface area contributed by atoms with E-state index < -0.39 is 0 Å². The molecule has 0 bridgehead atoms. The van der Waals surface area contributed by atoms with Crippen LogP contribution in [-0.2, 0) is 4.74 Å². The average Bonchev–Trinajstić information content (AvgIpc) is 2.65. The number of nitrogens with zero attached hydrogens (tertiary/aromatic N) is 1. The maximum absolute atomic E-state index is 6.17. The van der Waals surface area contributed by atoms with Crippen LogP contribution in [0.15, 0.2) is 24.5 Å². The Morgan fingerprint density at radius 1 is 1.64 bits per heavy atom. The van der Waals surface area contributed by atoms with E-state index in [2.05, 4.69) is 11.9 Å². The summed E-state index contributed by atoms with van der Waals surface area (Å²) in [5.41, 5.74) is 7.28. The van der Waals surface area contributed by atoms with Crippen LogP contribution in [0.1, 0.15) is 24.9 Å². The third kappa shape index (κ3) is 1.79. The standard InChI is InChI=1S/C11H16N2O/c1-8-10(4-6-14-8)11(12)9-3-2-5-13-7-9/h2-3,5,7-8,10-11H,4,6,12H2,1H3. The molecule has 0 aliphatic carbocycles. The molecule has 3 nitrogen and oxygen atoms in total. The highest BCUT2D eigenvalue weighted by Gasteiger charge is 2.30. The normalized spacial score (nSPS) is 29.0. The summed E-state index contributed by atoms with van der Waals surface area (Å²) in [6.07, 6.45) is 4.93. The molecule has 1 aromatic rings. The van der Waals surface area contributed by atoms with Crippen LogP contribution in [0.3, 0.4) is 0 Å². The molecule has 1 aromatic heterocycles. The van der Waals surface area contributed by atoms with Crippen LogP contribution in [0.4, 0.5) is 0 Å². The number of ether oxygens (including phenoxy) is 1. The molecular formula is C11H16N2O. The van der Waals surface area contributed by atoms with E-state index in [9.17, 15) is 0 Å². The van der Waals surface area contributed by atoms with Crippen molar-refractivity contribution in [2.75, 3.05) is 6.61 Å². The van der Waals surface area contributed by atoms with Gasteiger partial charge in [0, 0.05) is 31.0 Å². The van der Waals surface area contributed by atoms with Crippen molar-refractivity contribution >= 4 is 0 Å². The summed E-state index contributed by atoms with van der Waals surface area (Å²) in [5, 5.41) is 0. The fourth-order valence-corrected chi connectivity index (χ4v) is 2.04. The molecule has 0 aromatic carbocycles. The Bertz CT molecular complexity index is 289. The van der Waals surface area contributed by atoms with Crippen LogP contribution >= 0.6 is 0 Å². The van der Waals surface area contributed by atoms with Gasteiger partial charge in [0.25, 0.3) is 0 Å². The van der Waals surface area contributed by atoms with Gasteiger partial charge in [-0.05, 0) is 25.0 Å². The first-order valence-corrected chi connectivity index (χ1v) is 5.06. The van der Waals surface area contributed by atoms with Gasteiger partial charge in [0.15, 0.2) is 0 Å². The smallest absolute Gasteiger partial charge is 0.0594 e. The topological polar surface area (TPSA) is 48.1 Å². The molecule has 3 atom stereocenters. The maximum Gasteiger partial charge on any atom is 0.0594 e. The molecule has 0 amide bonds. The molecule has 2 rings (SSSR count). The number of hydrogen-bond donors (Lipinski definition) is 1. The van der Waals surface area contributed by atoms with Crippen LogP contribution < -0.4 is 5.73 Å². The van der Waals surface area contributed by atoms with Crippen molar-refractivity contribution in [3.63, 3.8) is 0 Å². The van der Waals surface area contributed by atoms with E-state index in [0.29, 0.717) is 5.92 Å². The zero-order valence-corrected chi connectivity index (χ0v) is 8.39. The number of pyridine rings is 1. The largest absolute Gasteiger partial charge is 0.378 e. The lowest BCUT2D eigenvalue weighted by atomic mass is 9.90. The summed E-state index contributed by atoms with van der Waals surface area (Å²) in [5.74, 6) is 0.430. The van der Waals surface area contributed by atoms with E-state index in [1.54, 1.807) is 6.20 Å². The van der Waals surface area contributed by atoms with Gasteiger partial charge >= 0.3 is 0 Å². The summed E-state index contributed by atoms with van der Waals surface area (Å²) in [7, 11) is 0. The van der Waals surface area contributed by atoms with E-state index in [-0.39, 0.29) is 12.1 Å². The Morgan fingerprint density at radius 3 is 3.07 bits per heavy atom. The lowest BCUT2D eigenvalue weighted by molar-refractivity contribution is 0.0994. The van der Waals surface area contributed by atoms with Crippen molar-refractivity contribution in [2.24, 2.45) is 11.7 Å². The van der Waals surface area contributed by atoms with Crippen molar-refractivity contribution in [1.29, 1.82) is 0 Å². The molecular weight excluding hydrogens is 176 g/mol. The van der Waals surface area contributed by atoms with Gasteiger partial charge in [0.2, 0.25) is 0 Å². The highest BCUT2D eigenvalue weighted by atomic mass is 16.5. The third-order valence-electron chi connectivity index (χ3n) is 2.97. The molecule has 3 heteroatoms. The minimum Gasteiger partial charge on any atom is -0.378 e. The summed E-state index contributed by atoms with van der Waals surface area (Å²) >= 11 is 0. The van der Waals surface area contributed by atoms with Gasteiger partial charge in [-0.3, -0.25) is 4.98 Å². The van der Waals surface area contributed by atoms with Gasteiger partial charge in [-0.15, -0.1) is 0 Å². The van der Waals surface area contributed by atoms with Crippen LogP contribution in [0.2, 0.25) is 0 Å². The molecule has 2 N–H and O–H groups in total. The lowest BCUT2D eigenvalue weighted by Crippen LogP contribution is -2.26. The quantitative estimate of drug-likeness (QED) is 0.772. The molecule has 14 heavy (non-hydrogen) atoms. The number of hydrogen-bond acceptors (Lipinski definition) is 3. The molecule has 3 unspecified atom stereocenters. The number of nitrogens with two attached hydrogens (primary N) is 1. The Balaban J connectivity index is 2.12. The van der Waals surface area contributed by atoms with Gasteiger partial charge in [-0.25, -0.2) is 0 Å². The zero-order valence-electron chi connectivity index (χ0n) is 8.39. The first-order chi connectivity index (χ1) is 6.79. The Kier molecular flexibility index (Phi) is 2.79. The van der Waals surface area contributed by atoms with E-state index in [1.165, 1.54) is 0 Å². The van der Waals surface area contributed by atoms with Crippen LogP contribution in [0, 0.1) is 5.92 Å². The van der Waals surface area contributed by atoms with Crippen molar-refractivity contribution in [3.8, 4) is 0 Å². The lowest BCUT2D eigenvalue weighted by Gasteiger charge is -2.21. The molecule has 76 valence electrons. The Morgan fingerprint density at radius 2 is 2.50 bits per heavy atom. The van der Waals surface area contributed by atoms with Crippen LogP contribution in [-0.4, -0.2) is 17.7 Å². The average molecular weight is 192 g/mol. The first kappa shape index (κ1) is 9.62. The van der Waals surface area contributed by atoms with Gasteiger partial charge in [-0.2, -0.15) is 0 Å². The fourth-order valence-electron chi connectivity index (χ4n) is 2.04. The SMILES string of the molecule is CC1OCCC1C(N)c1cccnc1. The predicted octanol–water partition coefficient (Wildman–Crippen LogP) is 1.51. The molecule has 1 fully saturated rings. The highest BCUT2D eigenvalue weighted by Crippen LogP contribution is 2.30. The minimum absolute atomic E-state index is 0.0567. The second-order valence-corrected chi connectivity index (χ2v) is 3.84. The minimum atomic E-state index is 0.0567. The molecule has 1 aliphatic heterocycles. The molecule has 2 heterocycles. The Hall–Kier alpha value is -0.930. The molecule has 0 saturated carbocycles. The van der Waals surface area contributed by atoms with E-state index in [0.717, 1.165) is 18.6 Å². The highest BCUT2D eigenvalue weighted by molar-refractivity contribution is 5.15. The summed E-state index contributed by atoms with van der Waals surface area (Å²) < 4.78 is 5.51. The van der Waals surface area contributed by atoms with E-state index in [1.807, 2.05) is 18.3 Å². The van der Waals surface area contributed by atoms with Crippen LogP contribution in [0.5, 0.6) is 0 Å². The summed E-state index contributed by atoms with van der Waals surface area (Å²) in [6, 6.07) is 4.01. The molecule has 0 spiro atoms. The van der Waals surface area contributed by atoms with E-state index in [4.69, 9.17) is 10.5 Å². The monoisotopic (exact) mass is 192 g/mol. The van der Waals surface area contributed by atoms with Crippen molar-refractivity contribution in [2.45, 2.75) is 25.5 Å². The Labute approximate surface area is 84.3 Å². The van der Waals surface area contributed by atoms with Crippen LogP contribution in [0.25, 0.3) is 0 Å². The van der Waals surface area contributed by atoms with Crippen molar-refractivity contribution in [3.05, 3.63) is 30.1 Å². The summed E-state index contributed by atoms with van der Waals surface area (Å²) in [4.78, 5) is 4.08. The molecule has 0 radical (unpaired) electrons. The maximum atomic E-state index is 6.17. The van der Waals surface area contributed by atoms with Crippen molar-refractivity contribution < 1.29 is 4.74 Å². The second kappa shape index (κ2) is 4.07. The van der Waals surface area contributed by atoms with Gasteiger partial charge < -0.3 is 10.5 Å². The molecule has 1 saturated heterocycles. The summed E-state index contributed by atoms with van der Waals surface area (Å²) in [6.45, 7) is 2.92. The third-order valence-corrected chi connectivity index (χ3v) is 2.97. The van der Waals surface area contributed by atoms with Gasteiger partial charge in [0.1, 0.15) is 0 Å². The number of aromatic nitrogens is 1. The van der Waals surface area contributed by atoms with E-state index >= 15 is 0 Å². The molecule has 1 aliphatic rings.